The second-order valence-electron chi connectivity index (χ2n) is 28.3. The summed E-state index contributed by atoms with van der Waals surface area (Å²) in [6.07, 6.45) is -25.1. The standard InChI is InChI=1S/C62H100N2O25/c1-26(2)19-30(69)20-27(3)31-13-17-62(10)33-11-12-39-59(6,7)40(15-16-60(39,8)32(33)14-18-61(31,62)9)87-58-53(47(75)38(25-82-58)86-54-41(63-28(4)67)48(76)44(72)35(21-65)83-54)88-55-42(64-29(5)68)49(77)46(74)37(85-55)24-81-57-52(43(71)34(70)23-80-57)89-56-51(79)50(78)45(73)36(22-66)84-56/h14,19,27,31,33-58,65-66,70-79H,11-13,15-18,20-25H2,1-10H3,(H,63,67)(H,64,68)/t27-,31-,33-,34-,35-,36-,37-,38-,39+,40+,41-,42-,43+,44+,45-,46-,47+,48-,49-,50+,51-,52-,53-,54+,55+,56+,57+,58+,60-,61-,62+/m1/s1. The van der Waals surface area contributed by atoms with Crippen LogP contribution in [0.15, 0.2) is 23.3 Å². The lowest BCUT2D eigenvalue weighted by Crippen LogP contribution is -2.68. The molecule has 89 heavy (non-hydrogen) atoms. The number of nitrogens with one attached hydrogen (secondary N) is 2. The smallest absolute Gasteiger partial charge is 0.217 e. The quantitative estimate of drug-likeness (QED) is 0.0385. The third-order valence-electron chi connectivity index (χ3n) is 22.1. The molecule has 0 aromatic heterocycles. The first-order valence-corrected chi connectivity index (χ1v) is 31.7. The van der Waals surface area contributed by atoms with Gasteiger partial charge in [0.2, 0.25) is 11.8 Å². The van der Waals surface area contributed by atoms with Crippen LogP contribution in [0.1, 0.15) is 121 Å². The number of allylic oxidation sites excluding steroid dienone is 4. The number of ether oxygens (including phenoxy) is 10. The van der Waals surface area contributed by atoms with E-state index in [1.165, 1.54) is 5.57 Å². The van der Waals surface area contributed by atoms with Crippen LogP contribution in [0.2, 0.25) is 0 Å². The zero-order chi connectivity index (χ0) is 65.1. The van der Waals surface area contributed by atoms with Gasteiger partial charge in [0.05, 0.1) is 39.1 Å². The fourth-order valence-electron chi connectivity index (χ4n) is 17.1. The number of aliphatic hydroxyl groups excluding tert-OH is 12. The Hall–Kier alpha value is -2.79. The summed E-state index contributed by atoms with van der Waals surface area (Å²) in [5.74, 6) is -0.117. The van der Waals surface area contributed by atoms with Crippen LogP contribution in [0.25, 0.3) is 0 Å². The maximum absolute atomic E-state index is 13.1. The molecule has 0 radical (unpaired) electrons. The summed E-state index contributed by atoms with van der Waals surface area (Å²) in [6, 6.07) is -3.01. The van der Waals surface area contributed by atoms with Gasteiger partial charge in [-0.1, -0.05) is 58.8 Å². The fourth-order valence-corrected chi connectivity index (χ4v) is 17.1. The zero-order valence-electron chi connectivity index (χ0n) is 52.7. The number of carbonyl (C=O) groups is 3. The number of hydrogen-bond donors (Lipinski definition) is 14. The van der Waals surface area contributed by atoms with Gasteiger partial charge in [0.25, 0.3) is 0 Å². The third kappa shape index (κ3) is 13.6. The number of ketones is 1. The molecule has 9 rings (SSSR count). The molecule has 5 aliphatic heterocycles. The Labute approximate surface area is 519 Å². The summed E-state index contributed by atoms with van der Waals surface area (Å²) in [6.45, 7) is 16.9. The molecular weight excluding hydrogens is 1170 g/mol. The van der Waals surface area contributed by atoms with Gasteiger partial charge in [0, 0.05) is 20.3 Å². The van der Waals surface area contributed by atoms with Crippen LogP contribution in [-0.2, 0) is 61.8 Å². The van der Waals surface area contributed by atoms with Crippen molar-refractivity contribution < 1.29 is 123 Å². The van der Waals surface area contributed by atoms with Gasteiger partial charge in [-0.25, -0.2) is 0 Å². The molecule has 9 aliphatic rings. The molecule has 0 aromatic carbocycles. The van der Waals surface area contributed by atoms with E-state index < -0.39 is 198 Å². The van der Waals surface area contributed by atoms with Crippen molar-refractivity contribution in [2.75, 3.05) is 33.0 Å². The van der Waals surface area contributed by atoms with Crippen LogP contribution in [0, 0.1) is 45.3 Å². The van der Waals surface area contributed by atoms with E-state index in [0.29, 0.717) is 24.7 Å². The number of rotatable bonds is 19. The van der Waals surface area contributed by atoms with Crippen molar-refractivity contribution in [3.8, 4) is 0 Å². The molecule has 2 amide bonds. The largest absolute Gasteiger partial charge is 0.394 e. The van der Waals surface area contributed by atoms with E-state index >= 15 is 0 Å². The Bertz CT molecular complexity index is 2520. The number of carbonyl (C=O) groups excluding carboxylic acids is 3. The lowest BCUT2D eigenvalue weighted by molar-refractivity contribution is -0.375. The van der Waals surface area contributed by atoms with Gasteiger partial charge in [-0.3, -0.25) is 14.4 Å². The van der Waals surface area contributed by atoms with E-state index in [9.17, 15) is 75.7 Å². The lowest BCUT2D eigenvalue weighted by Gasteiger charge is -2.64. The third-order valence-corrected chi connectivity index (χ3v) is 22.1. The summed E-state index contributed by atoms with van der Waals surface area (Å²) in [4.78, 5) is 38.5. The summed E-state index contributed by atoms with van der Waals surface area (Å²) >= 11 is 0. The molecule has 5 heterocycles. The van der Waals surface area contributed by atoms with Gasteiger partial charge in [-0.2, -0.15) is 0 Å². The molecule has 27 heteroatoms. The maximum atomic E-state index is 13.1. The van der Waals surface area contributed by atoms with Gasteiger partial charge in [-0.15, -0.1) is 0 Å². The minimum atomic E-state index is -1.93. The van der Waals surface area contributed by atoms with Gasteiger partial charge in [0.1, 0.15) is 110 Å². The maximum Gasteiger partial charge on any atom is 0.217 e. The minimum Gasteiger partial charge on any atom is -0.394 e. The normalized spacial score (nSPS) is 48.4. The van der Waals surface area contributed by atoms with E-state index in [-0.39, 0.29) is 33.9 Å². The first-order chi connectivity index (χ1) is 41.8. The molecule has 0 aromatic rings. The monoisotopic (exact) mass is 1270 g/mol. The minimum absolute atomic E-state index is 0.00561. The van der Waals surface area contributed by atoms with Crippen molar-refractivity contribution in [3.05, 3.63) is 23.3 Å². The molecule has 8 fully saturated rings. The lowest BCUT2D eigenvalue weighted by atomic mass is 9.41. The second-order valence-corrected chi connectivity index (χ2v) is 28.3. The van der Waals surface area contributed by atoms with Gasteiger partial charge in [-0.05, 0) is 110 Å². The Balaban J connectivity index is 0.979. The highest BCUT2D eigenvalue weighted by Gasteiger charge is 2.66. The highest BCUT2D eigenvalue weighted by Crippen LogP contribution is 2.73. The fraction of sp³-hybridized carbons (Fsp3) is 0.887. The number of amides is 2. The van der Waals surface area contributed by atoms with Crippen LogP contribution in [0.4, 0.5) is 0 Å². The van der Waals surface area contributed by atoms with Gasteiger partial charge >= 0.3 is 0 Å². The van der Waals surface area contributed by atoms with Crippen LogP contribution >= 0.6 is 0 Å². The molecule has 5 saturated heterocycles. The number of aliphatic hydroxyl groups is 12. The summed E-state index contributed by atoms with van der Waals surface area (Å²) in [5, 5.41) is 137. The van der Waals surface area contributed by atoms with Gasteiger partial charge in [0.15, 0.2) is 37.2 Å². The van der Waals surface area contributed by atoms with Crippen LogP contribution < -0.4 is 10.6 Å². The van der Waals surface area contributed by atoms with Crippen LogP contribution in [0.3, 0.4) is 0 Å². The van der Waals surface area contributed by atoms with Crippen molar-refractivity contribution in [2.24, 2.45) is 45.3 Å². The van der Waals surface area contributed by atoms with Crippen LogP contribution in [-0.4, -0.2) is 259 Å². The molecule has 27 nitrogen and oxygen atoms in total. The summed E-state index contributed by atoms with van der Waals surface area (Å²) < 4.78 is 61.8. The molecule has 31 atom stereocenters. The molecule has 4 aliphatic carbocycles. The predicted molar refractivity (Wildman–Crippen MR) is 308 cm³/mol. The van der Waals surface area contributed by atoms with E-state index in [1.54, 1.807) is 6.08 Å². The van der Waals surface area contributed by atoms with Crippen molar-refractivity contribution in [1.82, 2.24) is 10.6 Å². The SMILES string of the molecule is CC(=O)N[C@H]1[C@H](O[C@@H]2CO[C@@H](O[C@H]3CC[C@]4(C)C5=CC[C@]6(C)[C@@H]([C@H](C)CC(=O)C=C(C)C)CC[C@@]6(C)[C@@H]5CC[C@H]4C3(C)C)[C@H](O[C@@H]3O[C@H](CO[C@@H]4OC[C@@H](O)[C@H](O)[C@H]4O[C@@H]4O[C@H](CO)[C@@H](O)[C@H](O)[C@H]4O)[C@@H](O)[C@H](O)[C@H]3NC(C)=O)[C@H]2O)O[C@H](CO)[C@H](O)[C@@H]1O. The Kier molecular flexibility index (Phi) is 22.1. The van der Waals surface area contributed by atoms with E-state index in [0.717, 1.165) is 57.9 Å². The highest BCUT2D eigenvalue weighted by atomic mass is 16.8. The molecule has 0 unspecified atom stereocenters. The average molecular weight is 1270 g/mol. The molecular formula is C62H100N2O25. The molecule has 3 saturated carbocycles. The second kappa shape index (κ2) is 27.9. The average Bonchev–Trinajstić information content (AvgIpc) is 1.75. The summed E-state index contributed by atoms with van der Waals surface area (Å²) in [5.41, 5.74) is 1.70. The highest BCUT2D eigenvalue weighted by molar-refractivity contribution is 5.90. The van der Waals surface area contributed by atoms with Crippen molar-refractivity contribution in [2.45, 2.75) is 268 Å². The Morgan fingerprint density at radius 3 is 1.79 bits per heavy atom. The van der Waals surface area contributed by atoms with Crippen molar-refractivity contribution in [1.29, 1.82) is 0 Å². The van der Waals surface area contributed by atoms with Gasteiger partial charge < -0.3 is 119 Å². The Morgan fingerprint density at radius 1 is 0.607 bits per heavy atom. The molecule has 508 valence electrons. The summed E-state index contributed by atoms with van der Waals surface area (Å²) in [7, 11) is 0. The van der Waals surface area contributed by atoms with E-state index in [2.05, 4.69) is 58.3 Å². The Morgan fingerprint density at radius 2 is 1.17 bits per heavy atom. The first kappa shape index (κ1) is 70.5. The molecule has 0 spiro atoms. The van der Waals surface area contributed by atoms with E-state index in [1.807, 2.05) is 13.8 Å². The number of hydrogen-bond acceptors (Lipinski definition) is 25. The zero-order valence-corrected chi connectivity index (χ0v) is 52.7. The van der Waals surface area contributed by atoms with Crippen molar-refractivity contribution in [3.63, 3.8) is 0 Å². The topological polar surface area (TPSA) is 410 Å². The van der Waals surface area contributed by atoms with Crippen LogP contribution in [0.5, 0.6) is 0 Å². The predicted octanol–water partition coefficient (Wildman–Crippen LogP) is -1.80. The molecule has 14 N–H and O–H groups in total. The van der Waals surface area contributed by atoms with E-state index in [4.69, 9.17) is 47.4 Å². The first-order valence-electron chi connectivity index (χ1n) is 31.7. The van der Waals surface area contributed by atoms with Crippen molar-refractivity contribution >= 4 is 17.6 Å². The number of fused-ring (bicyclic) bond motifs is 5. The molecule has 0 bridgehead atoms.